The average Bonchev–Trinajstić information content (AvgIpc) is 2.08. The highest BCUT2D eigenvalue weighted by molar-refractivity contribution is 7.23. The Morgan fingerprint density at radius 2 is 2.00 bits per heavy atom. The Balaban J connectivity index is 2.66. The lowest BCUT2D eigenvalue weighted by Gasteiger charge is -2.13. The highest BCUT2D eigenvalue weighted by Crippen LogP contribution is 2.24. The third-order valence-electron chi connectivity index (χ3n) is 1.35. The van der Waals surface area contributed by atoms with Crippen LogP contribution in [0.5, 0.6) is 0 Å². The van der Waals surface area contributed by atoms with Crippen LogP contribution in [0, 0.1) is 6.42 Å². The van der Waals surface area contributed by atoms with Crippen LogP contribution in [0.2, 0.25) is 13.1 Å². The fourth-order valence-corrected chi connectivity index (χ4v) is 2.13. The van der Waals surface area contributed by atoms with E-state index in [9.17, 15) is 0 Å². The zero-order valence-corrected chi connectivity index (χ0v) is 7.44. The summed E-state index contributed by atoms with van der Waals surface area (Å²) in [7, 11) is -1.51. The van der Waals surface area contributed by atoms with Gasteiger partial charge in [-0.3, -0.25) is 0 Å². The van der Waals surface area contributed by atoms with Crippen molar-refractivity contribution in [3.05, 3.63) is 29.8 Å². The van der Waals surface area contributed by atoms with E-state index in [-0.39, 0.29) is 0 Å². The predicted molar refractivity (Wildman–Crippen MR) is 44.9 cm³/mol. The van der Waals surface area contributed by atoms with Gasteiger partial charge in [-0.05, 0) is 0 Å². The quantitative estimate of drug-likeness (QED) is 0.406. The molecular formula is C7H10ClSi. The minimum Gasteiger partial charge on any atom is -0.162 e. The molecule has 1 radical (unpaired) electrons. The normalized spacial score (nSPS) is 18.3. The van der Waals surface area contributed by atoms with Gasteiger partial charge in [-0.2, -0.15) is 11.1 Å². The van der Waals surface area contributed by atoms with Crippen LogP contribution in [-0.2, 0) is 0 Å². The fraction of sp³-hybridized carbons (Fsp3) is 0.286. The fourth-order valence-electron chi connectivity index (χ4n) is 0.770. The molecule has 0 aromatic carbocycles. The average molecular weight is 158 g/mol. The molecular weight excluding hydrogens is 148 g/mol. The van der Waals surface area contributed by atoms with Gasteiger partial charge in [0.2, 0.25) is 0 Å². The summed E-state index contributed by atoms with van der Waals surface area (Å²) in [6.45, 7) is 4.26. The van der Waals surface area contributed by atoms with Gasteiger partial charge >= 0.3 is 0 Å². The van der Waals surface area contributed by atoms with Crippen LogP contribution in [0.3, 0.4) is 0 Å². The largest absolute Gasteiger partial charge is 0.177 e. The van der Waals surface area contributed by atoms with Crippen LogP contribution in [-0.4, -0.2) is 7.38 Å². The topological polar surface area (TPSA) is 0 Å². The minimum absolute atomic E-state index is 1.32. The van der Waals surface area contributed by atoms with Crippen LogP contribution in [0.4, 0.5) is 0 Å². The molecule has 0 amide bonds. The van der Waals surface area contributed by atoms with Crippen molar-refractivity contribution in [3.8, 4) is 0 Å². The molecule has 49 valence electrons. The van der Waals surface area contributed by atoms with Gasteiger partial charge in [0.1, 0.15) is 0 Å². The summed E-state index contributed by atoms with van der Waals surface area (Å²) in [5, 5.41) is 1.32. The molecule has 0 aromatic rings. The molecule has 2 heteroatoms. The standard InChI is InChI=1S/C7H10ClSi/c1-9(2,8)7-5-3-4-6-7/h3-6H,1-2H3. The summed E-state index contributed by atoms with van der Waals surface area (Å²) in [6, 6.07) is 0. The zero-order chi connectivity index (χ0) is 6.91. The lowest BCUT2D eigenvalue weighted by Crippen LogP contribution is -2.19. The van der Waals surface area contributed by atoms with Crippen molar-refractivity contribution in [2.24, 2.45) is 0 Å². The van der Waals surface area contributed by atoms with Crippen molar-refractivity contribution in [3.63, 3.8) is 0 Å². The summed E-state index contributed by atoms with van der Waals surface area (Å²) in [4.78, 5) is 0. The molecule has 0 aliphatic heterocycles. The highest BCUT2D eigenvalue weighted by Gasteiger charge is 2.22. The third kappa shape index (κ3) is 1.70. The maximum Gasteiger partial charge on any atom is 0.177 e. The molecule has 0 saturated heterocycles. The molecule has 0 spiro atoms. The van der Waals surface area contributed by atoms with E-state index >= 15 is 0 Å². The molecule has 0 fully saturated rings. The van der Waals surface area contributed by atoms with E-state index in [0.717, 1.165) is 0 Å². The van der Waals surface area contributed by atoms with Crippen molar-refractivity contribution in [2.45, 2.75) is 13.1 Å². The Labute approximate surface area is 61.9 Å². The van der Waals surface area contributed by atoms with Crippen molar-refractivity contribution >= 4 is 18.5 Å². The van der Waals surface area contributed by atoms with Gasteiger partial charge in [0, 0.05) is 6.42 Å². The van der Waals surface area contributed by atoms with Gasteiger partial charge in [-0.25, -0.2) is 0 Å². The van der Waals surface area contributed by atoms with Crippen LogP contribution < -0.4 is 0 Å². The molecule has 9 heavy (non-hydrogen) atoms. The Bertz CT molecular complexity index is 162. The van der Waals surface area contributed by atoms with E-state index in [1.54, 1.807) is 0 Å². The van der Waals surface area contributed by atoms with Gasteiger partial charge in [-0.1, -0.05) is 36.5 Å². The number of allylic oxidation sites excluding steroid dienone is 4. The predicted octanol–water partition coefficient (Wildman–Crippen LogP) is 2.67. The van der Waals surface area contributed by atoms with Gasteiger partial charge < -0.3 is 0 Å². The smallest absolute Gasteiger partial charge is 0.162 e. The highest BCUT2D eigenvalue weighted by atomic mass is 35.6. The molecule has 0 N–H and O–H groups in total. The van der Waals surface area contributed by atoms with Crippen molar-refractivity contribution in [1.29, 1.82) is 0 Å². The lowest BCUT2D eigenvalue weighted by atomic mass is 10.5. The number of hydrogen-bond donors (Lipinski definition) is 0. The molecule has 0 atom stereocenters. The van der Waals surface area contributed by atoms with E-state index in [1.807, 2.05) is 12.2 Å². The number of rotatable bonds is 1. The summed E-state index contributed by atoms with van der Waals surface area (Å²) in [5.74, 6) is 0. The van der Waals surface area contributed by atoms with Crippen LogP contribution in [0.15, 0.2) is 23.4 Å². The van der Waals surface area contributed by atoms with E-state index in [0.29, 0.717) is 0 Å². The van der Waals surface area contributed by atoms with E-state index < -0.39 is 7.38 Å². The second kappa shape index (κ2) is 2.31. The summed E-state index contributed by atoms with van der Waals surface area (Å²) < 4.78 is 0. The maximum absolute atomic E-state index is 6.14. The van der Waals surface area contributed by atoms with Crippen molar-refractivity contribution in [2.75, 3.05) is 0 Å². The lowest BCUT2D eigenvalue weighted by molar-refractivity contribution is 1.69. The molecule has 1 aliphatic carbocycles. The van der Waals surface area contributed by atoms with Crippen molar-refractivity contribution in [1.82, 2.24) is 0 Å². The first-order valence-electron chi connectivity index (χ1n) is 3.02. The van der Waals surface area contributed by atoms with Gasteiger partial charge in [0.05, 0.1) is 0 Å². The summed E-state index contributed by atoms with van der Waals surface area (Å²) in [6.07, 6.45) is 8.26. The molecule has 1 aliphatic rings. The monoisotopic (exact) mass is 157 g/mol. The van der Waals surface area contributed by atoms with Gasteiger partial charge in [-0.15, -0.1) is 0 Å². The van der Waals surface area contributed by atoms with Crippen LogP contribution in [0.1, 0.15) is 0 Å². The van der Waals surface area contributed by atoms with Crippen LogP contribution in [0.25, 0.3) is 0 Å². The molecule has 0 nitrogen and oxygen atoms in total. The second-order valence-corrected chi connectivity index (χ2v) is 9.00. The maximum atomic E-state index is 6.14. The first-order chi connectivity index (χ1) is 4.11. The number of halogens is 1. The molecule has 0 saturated carbocycles. The Morgan fingerprint density at radius 1 is 1.33 bits per heavy atom. The molecule has 0 unspecified atom stereocenters. The van der Waals surface area contributed by atoms with Gasteiger partial charge in [0.25, 0.3) is 0 Å². The van der Waals surface area contributed by atoms with E-state index in [4.69, 9.17) is 11.1 Å². The Morgan fingerprint density at radius 3 is 2.22 bits per heavy atom. The van der Waals surface area contributed by atoms with Gasteiger partial charge in [0.15, 0.2) is 7.38 Å². The molecule has 0 heterocycles. The second-order valence-electron chi connectivity index (χ2n) is 2.65. The third-order valence-corrected chi connectivity index (χ3v) is 3.71. The van der Waals surface area contributed by atoms with E-state index in [1.165, 1.54) is 5.20 Å². The molecule has 0 bridgehead atoms. The molecule has 1 rings (SSSR count). The first kappa shape index (κ1) is 7.10. The Kier molecular flexibility index (Phi) is 1.82. The SMILES string of the molecule is C[Si](C)(Cl)C1=CC=C[CH]1. The number of hydrogen-bond acceptors (Lipinski definition) is 0. The zero-order valence-electron chi connectivity index (χ0n) is 5.69. The molecule has 0 aromatic heterocycles. The van der Waals surface area contributed by atoms with Crippen molar-refractivity contribution < 1.29 is 0 Å². The minimum atomic E-state index is -1.51. The summed E-state index contributed by atoms with van der Waals surface area (Å²) >= 11 is 6.14. The summed E-state index contributed by atoms with van der Waals surface area (Å²) in [5.41, 5.74) is 0. The Hall–Kier alpha value is -0.0131. The van der Waals surface area contributed by atoms with E-state index in [2.05, 4.69) is 25.6 Å². The first-order valence-corrected chi connectivity index (χ1v) is 7.03. The van der Waals surface area contributed by atoms with Crippen LogP contribution >= 0.6 is 11.1 Å².